The molecule has 0 spiro atoms. The summed E-state index contributed by atoms with van der Waals surface area (Å²) in [6.07, 6.45) is 1.71. The molecule has 27 heavy (non-hydrogen) atoms. The Labute approximate surface area is 158 Å². The standard InChI is InChI=1S/C19H25N5O3/c1-2-27-18(25)15-3-5-16(6-4-15)22-17-7-8-20-19(23-17)21-9-10-24-11-13-26-14-12-24/h3-8H,2,9-14H2,1H3,(H2,20,21,22,23). The first-order chi connectivity index (χ1) is 13.2. The Morgan fingerprint density at radius 2 is 2.00 bits per heavy atom. The van der Waals surface area contributed by atoms with Crippen molar-refractivity contribution in [2.24, 2.45) is 0 Å². The lowest BCUT2D eigenvalue weighted by atomic mass is 10.2. The van der Waals surface area contributed by atoms with Crippen molar-refractivity contribution in [2.45, 2.75) is 6.92 Å². The minimum Gasteiger partial charge on any atom is -0.462 e. The van der Waals surface area contributed by atoms with Crippen LogP contribution in [0.3, 0.4) is 0 Å². The van der Waals surface area contributed by atoms with Gasteiger partial charge in [-0.15, -0.1) is 0 Å². The van der Waals surface area contributed by atoms with Crippen LogP contribution in [0.4, 0.5) is 17.5 Å². The van der Waals surface area contributed by atoms with Gasteiger partial charge < -0.3 is 20.1 Å². The highest BCUT2D eigenvalue weighted by molar-refractivity contribution is 5.89. The Hall–Kier alpha value is -2.71. The summed E-state index contributed by atoms with van der Waals surface area (Å²) in [7, 11) is 0. The van der Waals surface area contributed by atoms with E-state index in [2.05, 4.69) is 25.5 Å². The van der Waals surface area contributed by atoms with Crippen LogP contribution in [-0.4, -0.2) is 66.8 Å². The van der Waals surface area contributed by atoms with E-state index in [1.165, 1.54) is 0 Å². The summed E-state index contributed by atoms with van der Waals surface area (Å²) in [6.45, 7) is 7.38. The Kier molecular flexibility index (Phi) is 6.95. The van der Waals surface area contributed by atoms with Gasteiger partial charge in [-0.05, 0) is 37.3 Å². The number of aromatic nitrogens is 2. The Morgan fingerprint density at radius 3 is 2.74 bits per heavy atom. The van der Waals surface area contributed by atoms with Crippen LogP contribution in [0.25, 0.3) is 0 Å². The zero-order chi connectivity index (χ0) is 18.9. The number of carbonyl (C=O) groups is 1. The van der Waals surface area contributed by atoms with Crippen molar-refractivity contribution >= 4 is 23.4 Å². The lowest BCUT2D eigenvalue weighted by Gasteiger charge is -2.26. The van der Waals surface area contributed by atoms with Crippen LogP contribution in [0.1, 0.15) is 17.3 Å². The first-order valence-electron chi connectivity index (χ1n) is 9.16. The molecular formula is C19H25N5O3. The van der Waals surface area contributed by atoms with E-state index >= 15 is 0 Å². The summed E-state index contributed by atoms with van der Waals surface area (Å²) in [5.41, 5.74) is 1.36. The highest BCUT2D eigenvalue weighted by atomic mass is 16.5. The third-order valence-electron chi connectivity index (χ3n) is 4.14. The maximum absolute atomic E-state index is 11.7. The zero-order valence-corrected chi connectivity index (χ0v) is 15.5. The van der Waals surface area contributed by atoms with Crippen molar-refractivity contribution in [1.82, 2.24) is 14.9 Å². The Morgan fingerprint density at radius 1 is 1.22 bits per heavy atom. The molecule has 3 rings (SSSR count). The van der Waals surface area contributed by atoms with E-state index in [0.717, 1.165) is 45.1 Å². The van der Waals surface area contributed by atoms with Crippen molar-refractivity contribution in [1.29, 1.82) is 0 Å². The highest BCUT2D eigenvalue weighted by Crippen LogP contribution is 2.16. The van der Waals surface area contributed by atoms with Crippen LogP contribution >= 0.6 is 0 Å². The molecule has 1 aliphatic rings. The predicted molar refractivity (Wildman–Crippen MR) is 103 cm³/mol. The molecule has 0 aliphatic carbocycles. The van der Waals surface area contributed by atoms with E-state index in [1.54, 1.807) is 31.3 Å². The number of benzene rings is 1. The molecule has 1 aromatic heterocycles. The number of morpholine rings is 1. The highest BCUT2D eigenvalue weighted by Gasteiger charge is 2.10. The quantitative estimate of drug-likeness (QED) is 0.683. The molecule has 1 saturated heterocycles. The second-order valence-corrected chi connectivity index (χ2v) is 6.07. The fraction of sp³-hybridized carbons (Fsp3) is 0.421. The monoisotopic (exact) mass is 371 g/mol. The number of nitrogens with zero attached hydrogens (tertiary/aromatic N) is 3. The second kappa shape index (κ2) is 9.84. The first kappa shape index (κ1) is 19.1. The van der Waals surface area contributed by atoms with E-state index in [0.29, 0.717) is 23.9 Å². The number of rotatable bonds is 8. The summed E-state index contributed by atoms with van der Waals surface area (Å²) in [5.74, 6) is 0.942. The number of anilines is 3. The van der Waals surface area contributed by atoms with Crippen molar-refractivity contribution in [3.8, 4) is 0 Å². The first-order valence-corrected chi connectivity index (χ1v) is 9.16. The third-order valence-corrected chi connectivity index (χ3v) is 4.14. The van der Waals surface area contributed by atoms with Crippen molar-refractivity contribution < 1.29 is 14.3 Å². The van der Waals surface area contributed by atoms with Crippen LogP contribution in [-0.2, 0) is 9.47 Å². The largest absolute Gasteiger partial charge is 0.462 e. The van der Waals surface area contributed by atoms with Gasteiger partial charge in [0.15, 0.2) is 0 Å². The number of nitrogens with one attached hydrogen (secondary N) is 2. The van der Waals surface area contributed by atoms with Crippen LogP contribution in [0, 0.1) is 0 Å². The van der Waals surface area contributed by atoms with Gasteiger partial charge in [0.25, 0.3) is 0 Å². The van der Waals surface area contributed by atoms with Gasteiger partial charge in [0.2, 0.25) is 5.95 Å². The Bertz CT molecular complexity index is 732. The summed E-state index contributed by atoms with van der Waals surface area (Å²) >= 11 is 0. The second-order valence-electron chi connectivity index (χ2n) is 6.07. The topological polar surface area (TPSA) is 88.6 Å². The van der Waals surface area contributed by atoms with E-state index in [1.807, 2.05) is 12.1 Å². The van der Waals surface area contributed by atoms with Gasteiger partial charge in [0.05, 0.1) is 25.4 Å². The number of hydrogen-bond acceptors (Lipinski definition) is 8. The van der Waals surface area contributed by atoms with Crippen LogP contribution in [0.2, 0.25) is 0 Å². The molecule has 2 aromatic rings. The normalized spacial score (nSPS) is 14.6. The average Bonchev–Trinajstić information content (AvgIpc) is 2.70. The van der Waals surface area contributed by atoms with Gasteiger partial charge in [-0.2, -0.15) is 4.98 Å². The number of ether oxygens (including phenoxy) is 2. The smallest absolute Gasteiger partial charge is 0.338 e. The maximum Gasteiger partial charge on any atom is 0.338 e. The fourth-order valence-corrected chi connectivity index (χ4v) is 2.72. The van der Waals surface area contributed by atoms with E-state index in [-0.39, 0.29) is 5.97 Å². The van der Waals surface area contributed by atoms with Gasteiger partial charge in [-0.25, -0.2) is 9.78 Å². The summed E-state index contributed by atoms with van der Waals surface area (Å²) in [5, 5.41) is 6.46. The number of carbonyl (C=O) groups excluding carboxylic acids is 1. The Balaban J connectivity index is 1.51. The summed E-state index contributed by atoms with van der Waals surface area (Å²) in [4.78, 5) is 22.8. The molecule has 144 valence electrons. The molecule has 1 aromatic carbocycles. The molecule has 1 fully saturated rings. The molecule has 0 amide bonds. The fourth-order valence-electron chi connectivity index (χ4n) is 2.72. The van der Waals surface area contributed by atoms with E-state index in [9.17, 15) is 4.79 Å². The molecular weight excluding hydrogens is 346 g/mol. The zero-order valence-electron chi connectivity index (χ0n) is 15.5. The average molecular weight is 371 g/mol. The molecule has 0 saturated carbocycles. The van der Waals surface area contributed by atoms with Gasteiger partial charge in [-0.1, -0.05) is 0 Å². The van der Waals surface area contributed by atoms with Gasteiger partial charge in [0, 0.05) is 38.1 Å². The lowest BCUT2D eigenvalue weighted by Crippen LogP contribution is -2.39. The molecule has 2 heterocycles. The molecule has 0 bridgehead atoms. The summed E-state index contributed by atoms with van der Waals surface area (Å²) in [6, 6.07) is 8.89. The molecule has 8 heteroatoms. The third kappa shape index (κ3) is 5.90. The van der Waals surface area contributed by atoms with E-state index in [4.69, 9.17) is 9.47 Å². The molecule has 0 unspecified atom stereocenters. The van der Waals surface area contributed by atoms with Crippen molar-refractivity contribution in [2.75, 3.05) is 56.6 Å². The molecule has 1 aliphatic heterocycles. The summed E-state index contributed by atoms with van der Waals surface area (Å²) < 4.78 is 10.3. The predicted octanol–water partition coefficient (Wildman–Crippen LogP) is 2.14. The van der Waals surface area contributed by atoms with E-state index < -0.39 is 0 Å². The van der Waals surface area contributed by atoms with Crippen LogP contribution in [0.15, 0.2) is 36.5 Å². The molecule has 0 radical (unpaired) electrons. The maximum atomic E-state index is 11.7. The number of hydrogen-bond donors (Lipinski definition) is 2. The van der Waals surface area contributed by atoms with Crippen molar-refractivity contribution in [3.63, 3.8) is 0 Å². The minimum absolute atomic E-state index is 0.321. The van der Waals surface area contributed by atoms with Gasteiger partial charge >= 0.3 is 5.97 Å². The van der Waals surface area contributed by atoms with Crippen LogP contribution in [0.5, 0.6) is 0 Å². The lowest BCUT2D eigenvalue weighted by molar-refractivity contribution is 0.0398. The number of esters is 1. The molecule has 2 N–H and O–H groups in total. The van der Waals surface area contributed by atoms with Crippen LogP contribution < -0.4 is 10.6 Å². The van der Waals surface area contributed by atoms with Gasteiger partial charge in [-0.3, -0.25) is 4.90 Å². The molecule has 0 atom stereocenters. The van der Waals surface area contributed by atoms with Gasteiger partial charge in [0.1, 0.15) is 5.82 Å². The minimum atomic E-state index is -0.321. The molecule has 8 nitrogen and oxygen atoms in total. The van der Waals surface area contributed by atoms with Crippen molar-refractivity contribution in [3.05, 3.63) is 42.1 Å². The SMILES string of the molecule is CCOC(=O)c1ccc(Nc2ccnc(NCCN3CCOCC3)n2)cc1.